The quantitative estimate of drug-likeness (QED) is 0.803. The van der Waals surface area contributed by atoms with Gasteiger partial charge in [-0.05, 0) is 25.6 Å². The third-order valence-electron chi connectivity index (χ3n) is 2.34. The van der Waals surface area contributed by atoms with Gasteiger partial charge in [0, 0.05) is 18.7 Å². The molecule has 0 aliphatic rings. The third kappa shape index (κ3) is 2.49. The lowest BCUT2D eigenvalue weighted by molar-refractivity contribution is 0.363. The molecule has 0 fully saturated rings. The van der Waals surface area contributed by atoms with E-state index in [-0.39, 0.29) is 0 Å². The van der Waals surface area contributed by atoms with Crippen molar-refractivity contribution < 1.29 is 4.52 Å². The fraction of sp³-hybridized carbons (Fsp3) is 0.455. The number of aromatic amines is 1. The molecule has 1 unspecified atom stereocenters. The molecule has 0 radical (unpaired) electrons. The van der Waals surface area contributed by atoms with E-state index in [9.17, 15) is 0 Å². The van der Waals surface area contributed by atoms with Gasteiger partial charge in [0.2, 0.25) is 11.7 Å². The molecule has 0 saturated heterocycles. The predicted octanol–water partition coefficient (Wildman–Crippen LogP) is 1.61. The molecule has 0 aromatic carbocycles. The Morgan fingerprint density at radius 2 is 2.44 bits per heavy atom. The topological polar surface area (TPSA) is 66.7 Å². The van der Waals surface area contributed by atoms with Crippen molar-refractivity contribution in [2.75, 3.05) is 6.54 Å². The van der Waals surface area contributed by atoms with Gasteiger partial charge in [-0.15, -0.1) is 0 Å². The summed E-state index contributed by atoms with van der Waals surface area (Å²) in [6.07, 6.45) is 2.59. The van der Waals surface area contributed by atoms with Gasteiger partial charge in [-0.2, -0.15) is 4.98 Å². The Labute approximate surface area is 94.3 Å². The zero-order valence-electron chi connectivity index (χ0n) is 9.53. The molecule has 5 heteroatoms. The van der Waals surface area contributed by atoms with Crippen molar-refractivity contribution in [1.82, 2.24) is 20.4 Å². The summed E-state index contributed by atoms with van der Waals surface area (Å²) in [6.45, 7) is 5.12. The first kappa shape index (κ1) is 10.9. The van der Waals surface area contributed by atoms with E-state index in [4.69, 9.17) is 4.52 Å². The van der Waals surface area contributed by atoms with Crippen LogP contribution in [0.5, 0.6) is 0 Å². The van der Waals surface area contributed by atoms with E-state index < -0.39 is 0 Å². The average Bonchev–Trinajstić information content (AvgIpc) is 2.86. The van der Waals surface area contributed by atoms with Crippen LogP contribution >= 0.6 is 0 Å². The first-order valence-corrected chi connectivity index (χ1v) is 5.49. The summed E-state index contributed by atoms with van der Waals surface area (Å²) >= 11 is 0. The van der Waals surface area contributed by atoms with E-state index in [1.807, 2.05) is 18.3 Å². The number of hydrogen-bond acceptors (Lipinski definition) is 4. The highest BCUT2D eigenvalue weighted by Crippen LogP contribution is 2.13. The van der Waals surface area contributed by atoms with Crippen LogP contribution in [0.2, 0.25) is 0 Å². The molecule has 5 nitrogen and oxygen atoms in total. The molecule has 0 saturated carbocycles. The Morgan fingerprint density at radius 1 is 1.56 bits per heavy atom. The molecule has 0 spiro atoms. The smallest absolute Gasteiger partial charge is 0.228 e. The lowest BCUT2D eigenvalue weighted by Gasteiger charge is -2.07. The van der Waals surface area contributed by atoms with Crippen molar-refractivity contribution in [1.29, 1.82) is 0 Å². The molecular formula is C11H16N4O. The maximum Gasteiger partial charge on any atom is 0.228 e. The van der Waals surface area contributed by atoms with E-state index in [0.717, 1.165) is 18.7 Å². The zero-order chi connectivity index (χ0) is 11.4. The predicted molar refractivity (Wildman–Crippen MR) is 60.9 cm³/mol. The van der Waals surface area contributed by atoms with Gasteiger partial charge in [-0.3, -0.25) is 0 Å². The van der Waals surface area contributed by atoms with E-state index in [2.05, 4.69) is 34.3 Å². The van der Waals surface area contributed by atoms with Crippen LogP contribution in [0.25, 0.3) is 11.5 Å². The number of H-pyrrole nitrogens is 1. The number of nitrogens with zero attached hydrogens (tertiary/aromatic N) is 2. The molecule has 0 aliphatic heterocycles. The second-order valence-corrected chi connectivity index (χ2v) is 3.76. The summed E-state index contributed by atoms with van der Waals surface area (Å²) in [5, 5.41) is 7.23. The van der Waals surface area contributed by atoms with Crippen molar-refractivity contribution in [2.45, 2.75) is 26.3 Å². The van der Waals surface area contributed by atoms with Crippen molar-refractivity contribution in [2.24, 2.45) is 0 Å². The van der Waals surface area contributed by atoms with Crippen LogP contribution in [0.15, 0.2) is 22.9 Å². The first-order valence-electron chi connectivity index (χ1n) is 5.49. The van der Waals surface area contributed by atoms with Gasteiger partial charge in [-0.1, -0.05) is 12.1 Å². The molecule has 86 valence electrons. The van der Waals surface area contributed by atoms with Crippen LogP contribution in [0, 0.1) is 0 Å². The molecule has 16 heavy (non-hydrogen) atoms. The molecule has 2 heterocycles. The Morgan fingerprint density at radius 3 is 3.12 bits per heavy atom. The highest BCUT2D eigenvalue weighted by Gasteiger charge is 2.11. The van der Waals surface area contributed by atoms with Crippen molar-refractivity contribution >= 4 is 0 Å². The van der Waals surface area contributed by atoms with E-state index >= 15 is 0 Å². The summed E-state index contributed by atoms with van der Waals surface area (Å²) in [7, 11) is 0. The van der Waals surface area contributed by atoms with Crippen LogP contribution in [0.3, 0.4) is 0 Å². The van der Waals surface area contributed by atoms with E-state index in [1.165, 1.54) is 0 Å². The monoisotopic (exact) mass is 220 g/mol. The summed E-state index contributed by atoms with van der Waals surface area (Å²) < 4.78 is 5.18. The molecule has 2 aromatic heterocycles. The highest BCUT2D eigenvalue weighted by molar-refractivity contribution is 5.47. The molecule has 2 N–H and O–H groups in total. The molecule has 0 bridgehead atoms. The average molecular weight is 220 g/mol. The minimum absolute atomic E-state index is 0.349. The van der Waals surface area contributed by atoms with Gasteiger partial charge >= 0.3 is 0 Å². The second-order valence-electron chi connectivity index (χ2n) is 3.76. The number of nitrogens with one attached hydrogen (secondary N) is 2. The number of rotatable bonds is 5. The van der Waals surface area contributed by atoms with Crippen LogP contribution in [-0.2, 0) is 6.42 Å². The lowest BCUT2D eigenvalue weighted by atomic mass is 10.2. The summed E-state index contributed by atoms with van der Waals surface area (Å²) in [5.41, 5.74) is 0.881. The Kier molecular flexibility index (Phi) is 3.36. The van der Waals surface area contributed by atoms with Crippen molar-refractivity contribution in [3.63, 3.8) is 0 Å². The summed E-state index contributed by atoms with van der Waals surface area (Å²) in [4.78, 5) is 7.37. The Bertz CT molecular complexity index is 421. The number of likely N-dealkylation sites (N-methyl/N-ethyl adjacent to an activating group) is 1. The van der Waals surface area contributed by atoms with Crippen LogP contribution in [-0.4, -0.2) is 27.7 Å². The van der Waals surface area contributed by atoms with Crippen LogP contribution < -0.4 is 5.32 Å². The maximum atomic E-state index is 5.18. The number of aromatic nitrogens is 3. The summed E-state index contributed by atoms with van der Waals surface area (Å²) in [6, 6.07) is 4.18. The second kappa shape index (κ2) is 4.94. The van der Waals surface area contributed by atoms with Crippen molar-refractivity contribution in [3.05, 3.63) is 24.2 Å². The van der Waals surface area contributed by atoms with Gasteiger partial charge in [-0.25, -0.2) is 0 Å². The van der Waals surface area contributed by atoms with Gasteiger partial charge in [0.25, 0.3) is 0 Å². The van der Waals surface area contributed by atoms with Crippen molar-refractivity contribution in [3.8, 4) is 11.5 Å². The van der Waals surface area contributed by atoms with Crippen LogP contribution in [0.4, 0.5) is 0 Å². The largest absolute Gasteiger partial charge is 0.359 e. The van der Waals surface area contributed by atoms with Gasteiger partial charge in [0.1, 0.15) is 0 Å². The molecule has 2 aromatic rings. The van der Waals surface area contributed by atoms with Gasteiger partial charge in [0.15, 0.2) is 0 Å². The number of hydrogen-bond donors (Lipinski definition) is 2. The van der Waals surface area contributed by atoms with Gasteiger partial charge < -0.3 is 14.8 Å². The molecular weight excluding hydrogens is 204 g/mol. The molecule has 0 aliphatic carbocycles. The third-order valence-corrected chi connectivity index (χ3v) is 2.34. The van der Waals surface area contributed by atoms with E-state index in [0.29, 0.717) is 17.8 Å². The SMILES string of the molecule is CCNC(C)Cc1nc(-c2ccc[nH]2)no1. The first-order chi connectivity index (χ1) is 7.79. The lowest BCUT2D eigenvalue weighted by Crippen LogP contribution is -2.27. The minimum atomic E-state index is 0.349. The molecule has 1 atom stereocenters. The minimum Gasteiger partial charge on any atom is -0.359 e. The fourth-order valence-corrected chi connectivity index (χ4v) is 1.60. The van der Waals surface area contributed by atoms with Crippen LogP contribution in [0.1, 0.15) is 19.7 Å². The maximum absolute atomic E-state index is 5.18. The summed E-state index contributed by atoms with van der Waals surface area (Å²) in [5.74, 6) is 1.28. The zero-order valence-corrected chi connectivity index (χ0v) is 9.53. The highest BCUT2D eigenvalue weighted by atomic mass is 16.5. The fourth-order valence-electron chi connectivity index (χ4n) is 1.60. The Hall–Kier alpha value is -1.62. The van der Waals surface area contributed by atoms with E-state index in [1.54, 1.807) is 0 Å². The van der Waals surface area contributed by atoms with Gasteiger partial charge in [0.05, 0.1) is 5.69 Å². The standard InChI is InChI=1S/C11H16N4O/c1-3-12-8(2)7-10-14-11(15-16-10)9-5-4-6-13-9/h4-6,8,12-13H,3,7H2,1-2H3. The molecule has 0 amide bonds. The molecule has 2 rings (SSSR count). The Balaban J connectivity index is 2.03. The normalized spacial score (nSPS) is 12.9.